The zero-order valence-corrected chi connectivity index (χ0v) is 13.8. The van der Waals surface area contributed by atoms with Crippen LogP contribution in [0.1, 0.15) is 45.7 Å². The molecule has 1 amide bonds. The number of hydrogen-bond donors (Lipinski definition) is 3. The minimum Gasteiger partial charge on any atom is -0.347 e. The Morgan fingerprint density at radius 3 is 2.87 bits per heavy atom. The topological polar surface area (TPSA) is 108 Å². The van der Waals surface area contributed by atoms with Gasteiger partial charge in [0.25, 0.3) is 5.56 Å². The van der Waals surface area contributed by atoms with Crippen LogP contribution in [0, 0.1) is 13.8 Å². The lowest BCUT2D eigenvalue weighted by Gasteiger charge is -2.22. The predicted molar refractivity (Wildman–Crippen MR) is 86.8 cm³/mol. The van der Waals surface area contributed by atoms with Gasteiger partial charge in [0, 0.05) is 16.1 Å². The highest BCUT2D eigenvalue weighted by Gasteiger charge is 2.25. The summed E-state index contributed by atoms with van der Waals surface area (Å²) in [5, 5.41) is 3.97. The Morgan fingerprint density at radius 2 is 2.13 bits per heavy atom. The first-order chi connectivity index (χ1) is 10.9. The molecule has 0 aromatic carbocycles. The van der Waals surface area contributed by atoms with Gasteiger partial charge in [0.05, 0.1) is 23.2 Å². The van der Waals surface area contributed by atoms with Crippen molar-refractivity contribution in [2.24, 2.45) is 0 Å². The molecule has 0 saturated carbocycles. The molecule has 23 heavy (non-hydrogen) atoms. The van der Waals surface area contributed by atoms with Crippen molar-refractivity contribution in [2.45, 2.75) is 45.6 Å². The van der Waals surface area contributed by atoms with Crippen LogP contribution in [0.3, 0.4) is 0 Å². The van der Waals surface area contributed by atoms with Gasteiger partial charge >= 0.3 is 5.69 Å². The molecule has 1 aliphatic carbocycles. The molecule has 8 heteroatoms. The molecule has 0 fully saturated rings. The lowest BCUT2D eigenvalue weighted by atomic mass is 9.97. The van der Waals surface area contributed by atoms with E-state index in [2.05, 4.69) is 20.3 Å². The summed E-state index contributed by atoms with van der Waals surface area (Å²) in [7, 11) is 0. The van der Waals surface area contributed by atoms with Gasteiger partial charge in [-0.25, -0.2) is 9.78 Å². The van der Waals surface area contributed by atoms with Crippen LogP contribution in [0.15, 0.2) is 9.59 Å². The quantitative estimate of drug-likeness (QED) is 0.774. The highest BCUT2D eigenvalue weighted by Crippen LogP contribution is 2.32. The number of thiazole rings is 1. The molecule has 1 atom stereocenters. The molecule has 1 aliphatic rings. The van der Waals surface area contributed by atoms with Crippen molar-refractivity contribution < 1.29 is 4.79 Å². The van der Waals surface area contributed by atoms with Crippen molar-refractivity contribution in [3.8, 4) is 0 Å². The monoisotopic (exact) mass is 334 g/mol. The van der Waals surface area contributed by atoms with Gasteiger partial charge in [-0.15, -0.1) is 11.3 Å². The van der Waals surface area contributed by atoms with Crippen LogP contribution in [0.5, 0.6) is 0 Å². The minimum absolute atomic E-state index is 0.0626. The smallest absolute Gasteiger partial charge is 0.325 e. The van der Waals surface area contributed by atoms with Gasteiger partial charge in [-0.1, -0.05) is 0 Å². The van der Waals surface area contributed by atoms with Crippen molar-refractivity contribution in [1.82, 2.24) is 20.3 Å². The zero-order valence-electron chi connectivity index (χ0n) is 13.0. The average Bonchev–Trinajstić information content (AvgIpc) is 2.84. The van der Waals surface area contributed by atoms with Gasteiger partial charge < -0.3 is 10.3 Å². The second kappa shape index (κ2) is 6.11. The summed E-state index contributed by atoms with van der Waals surface area (Å²) < 4.78 is 0. The largest absolute Gasteiger partial charge is 0.347 e. The number of carbonyl (C=O) groups excluding carboxylic acids is 1. The van der Waals surface area contributed by atoms with Crippen molar-refractivity contribution in [1.29, 1.82) is 0 Å². The van der Waals surface area contributed by atoms with Gasteiger partial charge in [0.1, 0.15) is 0 Å². The molecule has 0 radical (unpaired) electrons. The second-order valence-corrected chi connectivity index (χ2v) is 7.03. The van der Waals surface area contributed by atoms with Gasteiger partial charge in [0.2, 0.25) is 5.91 Å². The lowest BCUT2D eigenvalue weighted by Crippen LogP contribution is -2.35. The molecule has 0 bridgehead atoms. The third-order valence-electron chi connectivity index (χ3n) is 3.99. The molecule has 3 rings (SSSR count). The molecule has 2 heterocycles. The Balaban J connectivity index is 1.76. The first kappa shape index (κ1) is 15.7. The molecule has 0 aliphatic heterocycles. The fourth-order valence-electron chi connectivity index (χ4n) is 2.93. The molecule has 3 N–H and O–H groups in total. The summed E-state index contributed by atoms with van der Waals surface area (Å²) in [5.41, 5.74) is 0.580. The molecule has 0 saturated heterocycles. The Hall–Kier alpha value is -2.22. The standard InChI is InChI=1S/C15H18N4O3S/c1-7-9(14(21)19-15(22)16-7)6-12(20)18-10-4-3-5-11-13(10)17-8(2)23-11/h10H,3-6H2,1-2H3,(H,18,20)(H2,16,19,21,22)/t10-/m1/s1. The highest BCUT2D eigenvalue weighted by atomic mass is 32.1. The number of H-pyrrole nitrogens is 2. The van der Waals surface area contributed by atoms with E-state index in [9.17, 15) is 14.4 Å². The summed E-state index contributed by atoms with van der Waals surface area (Å²) in [6.07, 6.45) is 2.81. The number of amides is 1. The van der Waals surface area contributed by atoms with E-state index in [0.717, 1.165) is 30.0 Å². The van der Waals surface area contributed by atoms with E-state index in [1.54, 1.807) is 18.3 Å². The maximum atomic E-state index is 12.3. The number of rotatable bonds is 3. The lowest BCUT2D eigenvalue weighted by molar-refractivity contribution is -0.121. The Bertz CT molecular complexity index is 864. The number of aryl methyl sites for hydroxylation is 3. The van der Waals surface area contributed by atoms with Gasteiger partial charge in [-0.2, -0.15) is 0 Å². The number of nitrogens with one attached hydrogen (secondary N) is 3. The summed E-state index contributed by atoms with van der Waals surface area (Å²) in [4.78, 5) is 45.7. The Morgan fingerprint density at radius 1 is 1.35 bits per heavy atom. The molecule has 122 valence electrons. The van der Waals surface area contributed by atoms with Gasteiger partial charge in [-0.05, 0) is 33.1 Å². The number of hydrogen-bond acceptors (Lipinski definition) is 5. The number of fused-ring (bicyclic) bond motifs is 1. The van der Waals surface area contributed by atoms with Crippen LogP contribution in [0.25, 0.3) is 0 Å². The molecule has 0 unspecified atom stereocenters. The fraction of sp³-hybridized carbons (Fsp3) is 0.467. The average molecular weight is 334 g/mol. The van der Waals surface area contributed by atoms with Crippen LogP contribution < -0.4 is 16.6 Å². The Labute approximate surface area is 136 Å². The number of aromatic amines is 2. The van der Waals surface area contributed by atoms with Crippen molar-refractivity contribution >= 4 is 17.2 Å². The first-order valence-electron chi connectivity index (χ1n) is 7.51. The van der Waals surface area contributed by atoms with Crippen LogP contribution in [0.4, 0.5) is 0 Å². The van der Waals surface area contributed by atoms with Crippen LogP contribution in [0.2, 0.25) is 0 Å². The zero-order chi connectivity index (χ0) is 16.6. The van der Waals surface area contributed by atoms with Crippen LogP contribution >= 0.6 is 11.3 Å². The van der Waals surface area contributed by atoms with Crippen molar-refractivity contribution in [2.75, 3.05) is 0 Å². The number of nitrogens with zero attached hydrogens (tertiary/aromatic N) is 1. The van der Waals surface area contributed by atoms with E-state index in [-0.39, 0.29) is 23.9 Å². The maximum Gasteiger partial charge on any atom is 0.325 e. The summed E-state index contributed by atoms with van der Waals surface area (Å²) in [6, 6.07) is -0.0988. The maximum absolute atomic E-state index is 12.3. The van der Waals surface area contributed by atoms with E-state index in [1.165, 1.54) is 4.88 Å². The number of carbonyl (C=O) groups is 1. The predicted octanol–water partition coefficient (Wildman–Crippen LogP) is 0.873. The molecule has 2 aromatic heterocycles. The normalized spacial score (nSPS) is 16.9. The molecule has 2 aromatic rings. The van der Waals surface area contributed by atoms with Gasteiger partial charge in [-0.3, -0.25) is 14.6 Å². The summed E-state index contributed by atoms with van der Waals surface area (Å²) >= 11 is 1.67. The molecule has 7 nitrogen and oxygen atoms in total. The summed E-state index contributed by atoms with van der Waals surface area (Å²) in [6.45, 7) is 3.58. The third kappa shape index (κ3) is 3.26. The van der Waals surface area contributed by atoms with E-state index >= 15 is 0 Å². The minimum atomic E-state index is -0.563. The van der Waals surface area contributed by atoms with E-state index in [4.69, 9.17) is 0 Å². The van der Waals surface area contributed by atoms with Crippen LogP contribution in [-0.2, 0) is 17.6 Å². The highest BCUT2D eigenvalue weighted by molar-refractivity contribution is 7.11. The SMILES string of the molecule is Cc1nc2c(s1)CCC[C@H]2NC(=O)Cc1c(C)[nH]c(=O)[nH]c1=O. The molecular weight excluding hydrogens is 316 g/mol. The van der Waals surface area contributed by atoms with Crippen molar-refractivity contribution in [3.05, 3.63) is 47.7 Å². The fourth-order valence-corrected chi connectivity index (χ4v) is 3.96. The summed E-state index contributed by atoms with van der Waals surface area (Å²) in [5.74, 6) is -0.242. The van der Waals surface area contributed by atoms with E-state index in [1.807, 2.05) is 6.92 Å². The number of aromatic nitrogens is 3. The second-order valence-electron chi connectivity index (χ2n) is 5.74. The van der Waals surface area contributed by atoms with E-state index in [0.29, 0.717) is 5.69 Å². The third-order valence-corrected chi connectivity index (χ3v) is 5.03. The van der Waals surface area contributed by atoms with Gasteiger partial charge in [0.15, 0.2) is 0 Å². The van der Waals surface area contributed by atoms with Crippen molar-refractivity contribution in [3.63, 3.8) is 0 Å². The van der Waals surface area contributed by atoms with Crippen LogP contribution in [-0.4, -0.2) is 20.9 Å². The van der Waals surface area contributed by atoms with E-state index < -0.39 is 11.2 Å². The first-order valence-corrected chi connectivity index (χ1v) is 8.33. The molecule has 0 spiro atoms. The molecular formula is C15H18N4O3S. The Kier molecular flexibility index (Phi) is 4.16.